The summed E-state index contributed by atoms with van der Waals surface area (Å²) in [6, 6.07) is -1.58. The van der Waals surface area contributed by atoms with Crippen LogP contribution in [0, 0.1) is 11.8 Å². The van der Waals surface area contributed by atoms with Crippen molar-refractivity contribution in [3.05, 3.63) is 0 Å². The van der Waals surface area contributed by atoms with Crippen molar-refractivity contribution in [3.8, 4) is 0 Å². The molecule has 0 saturated heterocycles. The molecule has 0 fully saturated rings. The maximum absolute atomic E-state index is 12.8. The van der Waals surface area contributed by atoms with Crippen molar-refractivity contribution >= 4 is 23.7 Å². The molecule has 0 aromatic rings. The van der Waals surface area contributed by atoms with Gasteiger partial charge in [0, 0.05) is 6.42 Å². The highest BCUT2D eigenvalue weighted by Crippen LogP contribution is 2.11. The fourth-order valence-electron chi connectivity index (χ4n) is 3.76. The molecule has 0 aliphatic rings. The quantitative estimate of drug-likeness (QED) is 0.172. The third-order valence-electron chi connectivity index (χ3n) is 6.06. The summed E-state index contributed by atoms with van der Waals surface area (Å²) in [7, 11) is 1.28. The van der Waals surface area contributed by atoms with E-state index in [1.807, 2.05) is 27.7 Å². The van der Waals surface area contributed by atoms with E-state index in [9.17, 15) is 19.2 Å². The summed E-state index contributed by atoms with van der Waals surface area (Å²) < 4.78 is 4.78. The van der Waals surface area contributed by atoms with E-state index in [1.165, 1.54) is 45.6 Å². The maximum Gasteiger partial charge on any atom is 0.328 e. The van der Waals surface area contributed by atoms with Gasteiger partial charge in [-0.1, -0.05) is 86.0 Å². The van der Waals surface area contributed by atoms with Crippen LogP contribution in [0.4, 0.5) is 0 Å². The molecule has 0 spiro atoms. The normalized spacial score (nSPS) is 12.8. The number of amides is 3. The molecule has 2 atom stereocenters. The van der Waals surface area contributed by atoms with Gasteiger partial charge in [0.25, 0.3) is 0 Å². The lowest BCUT2D eigenvalue weighted by Gasteiger charge is -2.24. The van der Waals surface area contributed by atoms with Crippen molar-refractivity contribution in [2.24, 2.45) is 11.8 Å². The van der Waals surface area contributed by atoms with Crippen LogP contribution in [0.1, 0.15) is 112 Å². The van der Waals surface area contributed by atoms with Crippen LogP contribution >= 0.6 is 0 Å². The molecule has 0 bridgehead atoms. The van der Waals surface area contributed by atoms with Crippen LogP contribution in [0.15, 0.2) is 0 Å². The van der Waals surface area contributed by atoms with Gasteiger partial charge in [-0.3, -0.25) is 14.4 Å². The molecule has 0 unspecified atom stereocenters. The molecule has 0 saturated carbocycles. The number of hydrogen-bond acceptors (Lipinski definition) is 5. The summed E-state index contributed by atoms with van der Waals surface area (Å²) in [6.07, 6.45) is 12.2. The van der Waals surface area contributed by atoms with Crippen LogP contribution in [-0.2, 0) is 23.9 Å². The Bertz CT molecular complexity index is 622. The van der Waals surface area contributed by atoms with Crippen LogP contribution < -0.4 is 16.0 Å². The first-order chi connectivity index (χ1) is 16.6. The molecule has 3 amide bonds. The Kier molecular flexibility index (Phi) is 18.9. The molecule has 3 N–H and O–H groups in total. The van der Waals surface area contributed by atoms with Crippen molar-refractivity contribution in [2.45, 2.75) is 124 Å². The molecule has 0 rings (SSSR count). The summed E-state index contributed by atoms with van der Waals surface area (Å²) in [4.78, 5) is 49.4. The maximum atomic E-state index is 12.8. The summed E-state index contributed by atoms with van der Waals surface area (Å²) in [6.45, 7) is 9.74. The molecule has 35 heavy (non-hydrogen) atoms. The fraction of sp³-hybridized carbons (Fsp3) is 0.852. The van der Waals surface area contributed by atoms with Crippen LogP contribution in [0.25, 0.3) is 0 Å². The molecule has 8 heteroatoms. The van der Waals surface area contributed by atoms with Gasteiger partial charge in [-0.15, -0.1) is 0 Å². The summed E-state index contributed by atoms with van der Waals surface area (Å²) >= 11 is 0. The van der Waals surface area contributed by atoms with Crippen molar-refractivity contribution in [3.63, 3.8) is 0 Å². The number of unbranched alkanes of at least 4 members (excludes halogenated alkanes) is 8. The molecular formula is C27H51N3O5. The number of ether oxygens (including phenoxy) is 1. The third-order valence-corrected chi connectivity index (χ3v) is 6.06. The Morgan fingerprint density at radius 1 is 0.743 bits per heavy atom. The monoisotopic (exact) mass is 497 g/mol. The lowest BCUT2D eigenvalue weighted by Crippen LogP contribution is -2.54. The Balaban J connectivity index is 4.47. The van der Waals surface area contributed by atoms with E-state index in [0.29, 0.717) is 18.8 Å². The molecule has 0 aliphatic carbocycles. The number of hydrogen-bond donors (Lipinski definition) is 3. The van der Waals surface area contributed by atoms with Crippen LogP contribution in [0.5, 0.6) is 0 Å². The Hall–Kier alpha value is -2.12. The second kappa shape index (κ2) is 20.1. The molecule has 0 aromatic heterocycles. The molecule has 0 aliphatic heterocycles. The minimum Gasteiger partial charge on any atom is -0.467 e. The van der Waals surface area contributed by atoms with Gasteiger partial charge in [-0.25, -0.2) is 4.79 Å². The third kappa shape index (κ3) is 17.0. The van der Waals surface area contributed by atoms with Crippen molar-refractivity contribution in [1.29, 1.82) is 0 Å². The smallest absolute Gasteiger partial charge is 0.328 e. The molecular weight excluding hydrogens is 446 g/mol. The lowest BCUT2D eigenvalue weighted by atomic mass is 10.0. The minimum atomic E-state index is -0.790. The number of carbonyl (C=O) groups is 4. The van der Waals surface area contributed by atoms with Crippen molar-refractivity contribution < 1.29 is 23.9 Å². The highest BCUT2D eigenvalue weighted by atomic mass is 16.5. The van der Waals surface area contributed by atoms with E-state index >= 15 is 0 Å². The number of rotatable bonds is 20. The zero-order valence-electron chi connectivity index (χ0n) is 23.0. The van der Waals surface area contributed by atoms with Gasteiger partial charge in [0.05, 0.1) is 13.7 Å². The second-order valence-electron chi connectivity index (χ2n) is 10.2. The summed E-state index contributed by atoms with van der Waals surface area (Å²) in [5, 5.41) is 8.07. The van der Waals surface area contributed by atoms with E-state index in [4.69, 9.17) is 4.74 Å². The van der Waals surface area contributed by atoms with E-state index in [0.717, 1.165) is 25.7 Å². The van der Waals surface area contributed by atoms with E-state index in [-0.39, 0.29) is 18.4 Å². The minimum absolute atomic E-state index is 0.156. The second-order valence-corrected chi connectivity index (χ2v) is 10.2. The number of carbonyl (C=O) groups excluding carboxylic acids is 4. The predicted octanol–water partition coefficient (Wildman–Crippen LogP) is 4.26. The Morgan fingerprint density at radius 3 is 1.83 bits per heavy atom. The first kappa shape index (κ1) is 32.9. The predicted molar refractivity (Wildman–Crippen MR) is 140 cm³/mol. The van der Waals surface area contributed by atoms with Crippen LogP contribution in [0.2, 0.25) is 0 Å². The average Bonchev–Trinajstić information content (AvgIpc) is 2.81. The van der Waals surface area contributed by atoms with E-state index < -0.39 is 29.9 Å². The summed E-state index contributed by atoms with van der Waals surface area (Å²) in [5.41, 5.74) is 0. The van der Waals surface area contributed by atoms with E-state index in [2.05, 4.69) is 22.9 Å². The first-order valence-electron chi connectivity index (χ1n) is 13.6. The standard InChI is InChI=1S/C27H51N3O5/c1-7-8-9-10-11-12-13-14-15-16-23(31)28-19-24(32)29-22(18-17-20(2)3)26(33)30-25(21(4)5)27(34)35-6/h20-22,25H,7-19H2,1-6H3,(H,28,31)(H,29,32)(H,30,33)/t22-,25-/m0/s1. The molecule has 204 valence electrons. The van der Waals surface area contributed by atoms with Crippen molar-refractivity contribution in [2.75, 3.05) is 13.7 Å². The summed E-state index contributed by atoms with van der Waals surface area (Å²) in [5.74, 6) is -1.34. The van der Waals surface area contributed by atoms with Gasteiger partial charge in [0.2, 0.25) is 17.7 Å². The van der Waals surface area contributed by atoms with Crippen molar-refractivity contribution in [1.82, 2.24) is 16.0 Å². The van der Waals surface area contributed by atoms with Gasteiger partial charge >= 0.3 is 5.97 Å². The van der Waals surface area contributed by atoms with Gasteiger partial charge in [0.1, 0.15) is 12.1 Å². The number of nitrogens with one attached hydrogen (secondary N) is 3. The fourth-order valence-corrected chi connectivity index (χ4v) is 3.76. The van der Waals surface area contributed by atoms with E-state index in [1.54, 1.807) is 0 Å². The van der Waals surface area contributed by atoms with Gasteiger partial charge in [0.15, 0.2) is 0 Å². The zero-order valence-corrected chi connectivity index (χ0v) is 23.0. The largest absolute Gasteiger partial charge is 0.467 e. The SMILES string of the molecule is CCCCCCCCCCCC(=O)NCC(=O)N[C@@H](CCC(C)C)C(=O)N[C@H](C(=O)OC)C(C)C. The van der Waals surface area contributed by atoms with Crippen LogP contribution in [0.3, 0.4) is 0 Å². The van der Waals surface area contributed by atoms with Gasteiger partial charge in [-0.2, -0.15) is 0 Å². The van der Waals surface area contributed by atoms with Gasteiger partial charge < -0.3 is 20.7 Å². The number of methoxy groups -OCH3 is 1. The Labute approximate surface area is 213 Å². The molecule has 0 radical (unpaired) electrons. The van der Waals surface area contributed by atoms with Gasteiger partial charge in [-0.05, 0) is 31.1 Å². The average molecular weight is 498 g/mol. The highest BCUT2D eigenvalue weighted by molar-refractivity contribution is 5.92. The molecule has 0 heterocycles. The molecule has 0 aromatic carbocycles. The van der Waals surface area contributed by atoms with Crippen LogP contribution in [-0.4, -0.2) is 49.4 Å². The molecule has 8 nitrogen and oxygen atoms in total. The topological polar surface area (TPSA) is 114 Å². The first-order valence-corrected chi connectivity index (χ1v) is 13.6. The zero-order chi connectivity index (χ0) is 26.6. The lowest BCUT2D eigenvalue weighted by molar-refractivity contribution is -0.146. The Morgan fingerprint density at radius 2 is 1.31 bits per heavy atom. The number of esters is 1. The highest BCUT2D eigenvalue weighted by Gasteiger charge is 2.29.